The fourth-order valence-electron chi connectivity index (χ4n) is 3.60. The molecule has 3 rings (SSSR count). The maximum absolute atomic E-state index is 14.6. The molecule has 2 aromatic carbocycles. The average molecular weight is 409 g/mol. The van der Waals surface area contributed by atoms with Gasteiger partial charge < -0.3 is 10.6 Å². The summed E-state index contributed by atoms with van der Waals surface area (Å²) in [6, 6.07) is 7.72. The first-order valence-corrected chi connectivity index (χ1v) is 9.44. The topological polar surface area (TPSA) is 49.6 Å². The number of hydrogen-bond donors (Lipinski definition) is 1. The maximum Gasteiger partial charge on any atom is 0.416 e. The van der Waals surface area contributed by atoms with E-state index in [-0.39, 0.29) is 28.8 Å². The van der Waals surface area contributed by atoms with Gasteiger partial charge in [-0.2, -0.15) is 13.2 Å². The second-order valence-electron chi connectivity index (χ2n) is 7.11. The van der Waals surface area contributed by atoms with Crippen LogP contribution in [-0.4, -0.2) is 48.4 Å². The lowest BCUT2D eigenvalue weighted by Gasteiger charge is -2.34. The zero-order valence-electron chi connectivity index (χ0n) is 16.1. The Morgan fingerprint density at radius 3 is 2.31 bits per heavy atom. The van der Waals surface area contributed by atoms with Crippen LogP contribution in [0.15, 0.2) is 36.4 Å². The molecular formula is C21H23F4N3O. The van der Waals surface area contributed by atoms with E-state index < -0.39 is 23.5 Å². The van der Waals surface area contributed by atoms with Crippen molar-refractivity contribution in [2.24, 2.45) is 5.73 Å². The third-order valence-electron chi connectivity index (χ3n) is 5.30. The Kier molecular flexibility index (Phi) is 6.24. The van der Waals surface area contributed by atoms with Gasteiger partial charge in [-0.05, 0) is 29.8 Å². The van der Waals surface area contributed by atoms with Gasteiger partial charge in [0.05, 0.1) is 11.1 Å². The van der Waals surface area contributed by atoms with E-state index in [0.717, 1.165) is 25.7 Å². The molecule has 0 atom stereocenters. The molecule has 2 N–H and O–H groups in total. The molecule has 8 heteroatoms. The fourth-order valence-corrected chi connectivity index (χ4v) is 3.60. The molecular weight excluding hydrogens is 386 g/mol. The number of benzene rings is 2. The highest BCUT2D eigenvalue weighted by molar-refractivity contribution is 5.94. The summed E-state index contributed by atoms with van der Waals surface area (Å²) in [7, 11) is 0. The van der Waals surface area contributed by atoms with Crippen molar-refractivity contribution in [3.05, 3.63) is 58.9 Å². The lowest BCUT2D eigenvalue weighted by atomic mass is 9.96. The Labute approximate surface area is 166 Å². The number of hydrogen-bond acceptors (Lipinski definition) is 3. The number of carbonyl (C=O) groups excluding carboxylic acids is 1. The van der Waals surface area contributed by atoms with Gasteiger partial charge in [-0.1, -0.05) is 31.2 Å². The number of halogens is 4. The van der Waals surface area contributed by atoms with Crippen molar-refractivity contribution in [3.63, 3.8) is 0 Å². The summed E-state index contributed by atoms with van der Waals surface area (Å²) in [5, 5.41) is 0. The van der Waals surface area contributed by atoms with E-state index in [0.29, 0.717) is 13.1 Å². The molecule has 0 bridgehead atoms. The van der Waals surface area contributed by atoms with Crippen molar-refractivity contribution in [2.75, 3.05) is 32.7 Å². The van der Waals surface area contributed by atoms with Crippen molar-refractivity contribution in [3.8, 4) is 11.1 Å². The Bertz CT molecular complexity index is 890. The second-order valence-corrected chi connectivity index (χ2v) is 7.11. The number of carbonyl (C=O) groups is 1. The van der Waals surface area contributed by atoms with E-state index in [4.69, 9.17) is 5.73 Å². The smallest absolute Gasteiger partial charge is 0.366 e. The summed E-state index contributed by atoms with van der Waals surface area (Å²) in [6.07, 6.45) is -4.58. The molecule has 1 aliphatic heterocycles. The van der Waals surface area contributed by atoms with Gasteiger partial charge in [-0.15, -0.1) is 0 Å². The Morgan fingerprint density at radius 1 is 1.07 bits per heavy atom. The van der Waals surface area contributed by atoms with Gasteiger partial charge >= 0.3 is 6.18 Å². The summed E-state index contributed by atoms with van der Waals surface area (Å²) in [6.45, 7) is 6.19. The number of rotatable bonds is 5. The molecule has 1 aliphatic rings. The minimum absolute atomic E-state index is 0.0532. The van der Waals surface area contributed by atoms with E-state index in [1.54, 1.807) is 0 Å². The summed E-state index contributed by atoms with van der Waals surface area (Å²) in [4.78, 5) is 15.6. The van der Waals surface area contributed by atoms with Gasteiger partial charge in [0.25, 0.3) is 5.91 Å². The molecule has 2 aromatic rings. The van der Waals surface area contributed by atoms with Crippen molar-refractivity contribution in [1.29, 1.82) is 0 Å². The second kappa shape index (κ2) is 8.51. The van der Waals surface area contributed by atoms with Crippen LogP contribution in [0.1, 0.15) is 28.4 Å². The zero-order chi connectivity index (χ0) is 21.2. The number of primary amides is 1. The van der Waals surface area contributed by atoms with Crippen LogP contribution in [0.5, 0.6) is 0 Å². The van der Waals surface area contributed by atoms with Crippen LogP contribution in [-0.2, 0) is 12.7 Å². The number of nitrogens with zero attached hydrogens (tertiary/aromatic N) is 2. The predicted octanol–water partition coefficient (Wildman–Crippen LogP) is 3.75. The van der Waals surface area contributed by atoms with Crippen molar-refractivity contribution in [2.45, 2.75) is 19.6 Å². The van der Waals surface area contributed by atoms with E-state index in [9.17, 15) is 22.4 Å². The monoisotopic (exact) mass is 409 g/mol. The standard InChI is InChI=1S/C21H23F4N3O/c1-2-27-8-10-28(11-9-27)13-15-7-6-14(12-18(15)21(23,24)25)16-4-3-5-17(19(16)22)20(26)29/h3-7,12H,2,8-11,13H2,1H3,(H2,26,29). The number of amides is 1. The SMILES string of the molecule is CCN1CCN(Cc2ccc(-c3cccc(C(N)=O)c3F)cc2C(F)(F)F)CC1. The first kappa shape index (κ1) is 21.3. The number of likely N-dealkylation sites (N-methyl/N-ethyl adjacent to an activating group) is 1. The van der Waals surface area contributed by atoms with Gasteiger partial charge in [0, 0.05) is 38.3 Å². The maximum atomic E-state index is 14.6. The van der Waals surface area contributed by atoms with E-state index in [1.807, 2.05) is 4.90 Å². The number of alkyl halides is 3. The third-order valence-corrected chi connectivity index (χ3v) is 5.30. The average Bonchev–Trinajstić information content (AvgIpc) is 2.68. The zero-order valence-corrected chi connectivity index (χ0v) is 16.1. The first-order valence-electron chi connectivity index (χ1n) is 9.44. The van der Waals surface area contributed by atoms with Crippen molar-refractivity contribution in [1.82, 2.24) is 9.80 Å². The minimum Gasteiger partial charge on any atom is -0.366 e. The quantitative estimate of drug-likeness (QED) is 0.766. The van der Waals surface area contributed by atoms with Crippen LogP contribution >= 0.6 is 0 Å². The molecule has 1 heterocycles. The van der Waals surface area contributed by atoms with Crippen molar-refractivity contribution >= 4 is 5.91 Å². The third kappa shape index (κ3) is 4.76. The number of nitrogens with two attached hydrogens (primary N) is 1. The highest BCUT2D eigenvalue weighted by Crippen LogP contribution is 2.36. The minimum atomic E-state index is -4.58. The Balaban J connectivity index is 1.94. The predicted molar refractivity (Wildman–Crippen MR) is 103 cm³/mol. The molecule has 0 spiro atoms. The summed E-state index contributed by atoms with van der Waals surface area (Å²) in [5.74, 6) is -1.89. The molecule has 4 nitrogen and oxygen atoms in total. The van der Waals surface area contributed by atoms with Gasteiger partial charge in [-0.3, -0.25) is 9.69 Å². The number of piperazine rings is 1. The van der Waals surface area contributed by atoms with E-state index in [2.05, 4.69) is 11.8 Å². The van der Waals surface area contributed by atoms with Gasteiger partial charge in [-0.25, -0.2) is 4.39 Å². The van der Waals surface area contributed by atoms with Crippen LogP contribution < -0.4 is 5.73 Å². The lowest BCUT2D eigenvalue weighted by molar-refractivity contribution is -0.138. The molecule has 29 heavy (non-hydrogen) atoms. The summed E-state index contributed by atoms with van der Waals surface area (Å²) < 4.78 is 55.8. The molecule has 1 saturated heterocycles. The molecule has 0 aliphatic carbocycles. The van der Waals surface area contributed by atoms with Crippen LogP contribution in [0.3, 0.4) is 0 Å². The molecule has 0 saturated carbocycles. The largest absolute Gasteiger partial charge is 0.416 e. The van der Waals surface area contributed by atoms with Crippen LogP contribution in [0.2, 0.25) is 0 Å². The molecule has 0 aromatic heterocycles. The first-order chi connectivity index (χ1) is 13.7. The molecule has 0 radical (unpaired) electrons. The highest BCUT2D eigenvalue weighted by atomic mass is 19.4. The van der Waals surface area contributed by atoms with E-state index >= 15 is 0 Å². The van der Waals surface area contributed by atoms with Crippen molar-refractivity contribution < 1.29 is 22.4 Å². The van der Waals surface area contributed by atoms with E-state index in [1.165, 1.54) is 30.3 Å². The summed E-state index contributed by atoms with van der Waals surface area (Å²) in [5.41, 5.74) is 4.11. The highest BCUT2D eigenvalue weighted by Gasteiger charge is 2.34. The van der Waals surface area contributed by atoms with Crippen LogP contribution in [0, 0.1) is 5.82 Å². The molecule has 1 fully saturated rings. The Hall–Kier alpha value is -2.45. The Morgan fingerprint density at radius 2 is 1.72 bits per heavy atom. The lowest BCUT2D eigenvalue weighted by Crippen LogP contribution is -2.45. The molecule has 156 valence electrons. The molecule has 0 unspecified atom stereocenters. The van der Waals surface area contributed by atoms with Crippen LogP contribution in [0.25, 0.3) is 11.1 Å². The summed E-state index contributed by atoms with van der Waals surface area (Å²) >= 11 is 0. The van der Waals surface area contributed by atoms with Crippen LogP contribution in [0.4, 0.5) is 17.6 Å². The van der Waals surface area contributed by atoms with Gasteiger partial charge in [0.15, 0.2) is 0 Å². The fraction of sp³-hybridized carbons (Fsp3) is 0.381. The van der Waals surface area contributed by atoms with Gasteiger partial charge in [0.2, 0.25) is 0 Å². The molecule has 1 amide bonds. The van der Waals surface area contributed by atoms with Gasteiger partial charge in [0.1, 0.15) is 5.82 Å². The normalized spacial score (nSPS) is 16.2.